The van der Waals surface area contributed by atoms with Crippen LogP contribution < -0.4 is 31.1 Å². The minimum Gasteiger partial charge on any atom is -0.493 e. The van der Waals surface area contributed by atoms with Gasteiger partial charge in [-0.15, -0.1) is 5.11 Å². The highest BCUT2D eigenvalue weighted by atomic mass is 32.2. The summed E-state index contributed by atoms with van der Waals surface area (Å²) in [5, 5.41) is 2.34. The molecule has 1 aliphatic rings. The van der Waals surface area contributed by atoms with E-state index in [0.29, 0.717) is 42.3 Å². The van der Waals surface area contributed by atoms with E-state index in [2.05, 4.69) is 9.84 Å². The minimum atomic E-state index is -4.12. The van der Waals surface area contributed by atoms with Gasteiger partial charge in [-0.05, 0) is 62.9 Å². The van der Waals surface area contributed by atoms with Gasteiger partial charge in [-0.2, -0.15) is 0 Å². The van der Waals surface area contributed by atoms with Gasteiger partial charge in [0.1, 0.15) is 5.49 Å². The molecule has 12 nitrogen and oxygen atoms in total. The third-order valence-corrected chi connectivity index (χ3v) is 8.24. The van der Waals surface area contributed by atoms with Crippen LogP contribution in [-0.4, -0.2) is 37.8 Å². The standard InChI is InChI=1S/C28H35N7O5S/c1-6-40-24-13-20-7-9-34-22(21(20)14-23(24)39-5)15-25(32-27-18(3)11-17(2)12-19(27)4)35(28(34)36)10-8-31-41(37,38)26(16-29)33-30/h11-16,30-31H,6-10,29H2,1-5H3/b26-16+,32-25+,33-30?. The van der Waals surface area contributed by atoms with E-state index in [0.717, 1.165) is 39.7 Å². The van der Waals surface area contributed by atoms with Gasteiger partial charge in [0.15, 0.2) is 11.5 Å². The van der Waals surface area contributed by atoms with Crippen molar-refractivity contribution < 1.29 is 17.9 Å². The molecule has 2 heterocycles. The molecule has 0 unspecified atom stereocenters. The molecule has 41 heavy (non-hydrogen) atoms. The molecule has 0 saturated carbocycles. The first-order chi connectivity index (χ1) is 19.5. The van der Waals surface area contributed by atoms with Gasteiger partial charge >= 0.3 is 5.69 Å². The number of rotatable bonds is 10. The van der Waals surface area contributed by atoms with Crippen LogP contribution >= 0.6 is 0 Å². The first-order valence-electron chi connectivity index (χ1n) is 13.1. The van der Waals surface area contributed by atoms with Crippen LogP contribution in [0.3, 0.4) is 0 Å². The topological polar surface area (TPSA) is 166 Å². The Labute approximate surface area is 238 Å². The Morgan fingerprint density at radius 3 is 2.46 bits per heavy atom. The van der Waals surface area contributed by atoms with Crippen molar-refractivity contribution in [3.05, 3.63) is 79.8 Å². The van der Waals surface area contributed by atoms with E-state index in [9.17, 15) is 13.2 Å². The number of fused-ring (bicyclic) bond motifs is 3. The molecular weight excluding hydrogens is 546 g/mol. The summed E-state index contributed by atoms with van der Waals surface area (Å²) in [6, 6.07) is 9.72. The van der Waals surface area contributed by atoms with E-state index in [-0.39, 0.29) is 18.8 Å². The van der Waals surface area contributed by atoms with Gasteiger partial charge in [0.05, 0.1) is 25.1 Å². The van der Waals surface area contributed by atoms with Crippen LogP contribution in [0.2, 0.25) is 0 Å². The van der Waals surface area contributed by atoms with Crippen molar-refractivity contribution >= 4 is 15.7 Å². The fourth-order valence-corrected chi connectivity index (χ4v) is 5.90. The molecule has 1 aliphatic heterocycles. The Hall–Kier alpha value is -4.23. The lowest BCUT2D eigenvalue weighted by Crippen LogP contribution is -2.44. The van der Waals surface area contributed by atoms with Gasteiger partial charge in [0.25, 0.3) is 10.0 Å². The number of benzene rings is 2. The maximum atomic E-state index is 13.9. The maximum Gasteiger partial charge on any atom is 0.330 e. The van der Waals surface area contributed by atoms with Crippen LogP contribution in [0.4, 0.5) is 5.69 Å². The zero-order valence-electron chi connectivity index (χ0n) is 23.8. The Morgan fingerprint density at radius 1 is 1.15 bits per heavy atom. The third-order valence-electron chi connectivity index (χ3n) is 6.88. The highest BCUT2D eigenvalue weighted by Crippen LogP contribution is 2.37. The van der Waals surface area contributed by atoms with Crippen molar-refractivity contribution in [3.8, 4) is 22.8 Å². The Morgan fingerprint density at radius 2 is 1.85 bits per heavy atom. The molecule has 0 fully saturated rings. The molecule has 4 N–H and O–H groups in total. The average Bonchev–Trinajstić information content (AvgIpc) is 2.92. The molecule has 1 aromatic heterocycles. The number of ether oxygens (including phenoxy) is 2. The van der Waals surface area contributed by atoms with Crippen molar-refractivity contribution in [2.45, 2.75) is 47.2 Å². The minimum absolute atomic E-state index is 0.0174. The summed E-state index contributed by atoms with van der Waals surface area (Å²) >= 11 is 0. The van der Waals surface area contributed by atoms with Crippen molar-refractivity contribution in [1.82, 2.24) is 13.9 Å². The lowest BCUT2D eigenvalue weighted by molar-refractivity contribution is 0.310. The molecule has 0 aliphatic carbocycles. The number of hydrogen-bond acceptors (Lipinski definition) is 9. The Bertz CT molecular complexity index is 1750. The van der Waals surface area contributed by atoms with Gasteiger partial charge in [-0.25, -0.2) is 28.5 Å². The highest BCUT2D eigenvalue weighted by molar-refractivity contribution is 7.93. The first kappa shape index (κ1) is 29.7. The molecule has 0 spiro atoms. The van der Waals surface area contributed by atoms with E-state index < -0.39 is 15.1 Å². The second-order valence-electron chi connectivity index (χ2n) is 9.69. The zero-order chi connectivity index (χ0) is 29.9. The molecule has 4 rings (SSSR count). The molecule has 218 valence electrons. The van der Waals surface area contributed by atoms with Gasteiger partial charge in [-0.3, -0.25) is 9.13 Å². The van der Waals surface area contributed by atoms with Gasteiger partial charge in [0, 0.05) is 37.5 Å². The van der Waals surface area contributed by atoms with Gasteiger partial charge in [-0.1, -0.05) is 17.7 Å². The van der Waals surface area contributed by atoms with Gasteiger partial charge < -0.3 is 15.2 Å². The fraction of sp³-hybridized carbons (Fsp3) is 0.357. The number of nitrogens with one attached hydrogen (secondary N) is 2. The number of aromatic nitrogens is 2. The van der Waals surface area contributed by atoms with Crippen LogP contribution in [0.5, 0.6) is 11.5 Å². The Balaban J connectivity index is 1.91. The summed E-state index contributed by atoms with van der Waals surface area (Å²) in [6.07, 6.45) is 1.34. The maximum absolute atomic E-state index is 13.9. The van der Waals surface area contributed by atoms with E-state index in [4.69, 9.17) is 25.7 Å². The van der Waals surface area contributed by atoms with Crippen molar-refractivity contribution in [3.63, 3.8) is 0 Å². The molecule has 3 aromatic rings. The number of sulfonamides is 1. The number of nitrogens with two attached hydrogens (primary N) is 1. The number of methoxy groups -OCH3 is 1. The van der Waals surface area contributed by atoms with Gasteiger partial charge in [0.2, 0.25) is 5.03 Å². The molecule has 0 amide bonds. The van der Waals surface area contributed by atoms with Crippen LogP contribution in [0.25, 0.3) is 11.3 Å². The second-order valence-corrected chi connectivity index (χ2v) is 11.4. The number of nitrogens with zero attached hydrogens (tertiary/aromatic N) is 4. The lowest BCUT2D eigenvalue weighted by Gasteiger charge is -2.25. The van der Waals surface area contributed by atoms with Crippen LogP contribution in [0, 0.1) is 26.3 Å². The van der Waals surface area contributed by atoms with Crippen molar-refractivity contribution in [2.75, 3.05) is 20.3 Å². The molecule has 0 saturated heterocycles. The summed E-state index contributed by atoms with van der Waals surface area (Å²) in [5.41, 5.74) is 18.7. The summed E-state index contributed by atoms with van der Waals surface area (Å²) < 4.78 is 41.7. The summed E-state index contributed by atoms with van der Waals surface area (Å²) in [6.45, 7) is 8.59. The summed E-state index contributed by atoms with van der Waals surface area (Å²) in [4.78, 5) is 18.9. The monoisotopic (exact) mass is 581 g/mol. The van der Waals surface area contributed by atoms with Crippen LogP contribution in [-0.2, 0) is 29.5 Å². The first-order valence-corrected chi connectivity index (χ1v) is 14.6. The third kappa shape index (κ3) is 5.95. The molecule has 2 aromatic carbocycles. The molecular formula is C28H35N7O5S. The summed E-state index contributed by atoms with van der Waals surface area (Å²) in [7, 11) is -2.54. The zero-order valence-corrected chi connectivity index (χ0v) is 24.6. The highest BCUT2D eigenvalue weighted by Gasteiger charge is 2.23. The SMILES string of the molecule is CCOc1cc2c(cc1OC)-c1c/c(=N\c3c(C)cc(C)cc3C)n(CCNS(=O)(=O)/C(=C/N)N=N)c(=O)n1CC2. The average molecular weight is 582 g/mol. The van der Waals surface area contributed by atoms with Crippen LogP contribution in [0.1, 0.15) is 29.2 Å². The molecule has 0 radical (unpaired) electrons. The predicted molar refractivity (Wildman–Crippen MR) is 156 cm³/mol. The van der Waals surface area contributed by atoms with E-state index >= 15 is 0 Å². The number of hydrogen-bond donors (Lipinski definition) is 3. The van der Waals surface area contributed by atoms with E-state index in [1.165, 1.54) is 4.57 Å². The lowest BCUT2D eigenvalue weighted by atomic mass is 9.97. The molecule has 0 atom stereocenters. The smallest absolute Gasteiger partial charge is 0.330 e. The van der Waals surface area contributed by atoms with E-state index in [1.807, 2.05) is 58.0 Å². The molecule has 13 heteroatoms. The van der Waals surface area contributed by atoms with Crippen molar-refractivity contribution in [2.24, 2.45) is 15.8 Å². The number of aryl methyl sites for hydroxylation is 4. The largest absolute Gasteiger partial charge is 0.493 e. The fourth-order valence-electron chi connectivity index (χ4n) is 5.09. The Kier molecular flexibility index (Phi) is 8.78. The normalized spacial score (nSPS) is 13.5. The van der Waals surface area contributed by atoms with Crippen molar-refractivity contribution in [1.29, 1.82) is 5.53 Å². The second kappa shape index (κ2) is 12.1. The van der Waals surface area contributed by atoms with Crippen LogP contribution in [0.15, 0.2) is 56.5 Å². The predicted octanol–water partition coefficient (Wildman–Crippen LogP) is 3.15. The van der Waals surface area contributed by atoms with E-state index in [1.54, 1.807) is 11.7 Å². The molecule has 0 bridgehead atoms. The quantitative estimate of drug-likeness (QED) is 0.311. The summed E-state index contributed by atoms with van der Waals surface area (Å²) in [5.74, 6) is 1.20.